The number of benzene rings is 1. The van der Waals surface area contributed by atoms with Gasteiger partial charge in [-0.25, -0.2) is 4.79 Å². The number of halogens is 1. The minimum Gasteiger partial charge on any atom is -0.444 e. The van der Waals surface area contributed by atoms with E-state index in [9.17, 15) is 14.4 Å². The summed E-state index contributed by atoms with van der Waals surface area (Å²) in [6.45, 7) is 5.20. The van der Waals surface area contributed by atoms with E-state index in [1.54, 1.807) is 63.5 Å². The highest BCUT2D eigenvalue weighted by Crippen LogP contribution is 2.27. The van der Waals surface area contributed by atoms with Crippen molar-refractivity contribution in [3.63, 3.8) is 0 Å². The molecule has 3 heterocycles. The average Bonchev–Trinajstić information content (AvgIpc) is 2.81. The van der Waals surface area contributed by atoms with E-state index < -0.39 is 23.6 Å². The molecular formula is C25H25FN4O4. The first-order valence-corrected chi connectivity index (χ1v) is 10.8. The van der Waals surface area contributed by atoms with Crippen molar-refractivity contribution in [1.82, 2.24) is 14.5 Å². The van der Waals surface area contributed by atoms with Gasteiger partial charge < -0.3 is 4.74 Å². The number of hydrogen-bond acceptors (Lipinski definition) is 5. The van der Waals surface area contributed by atoms with Gasteiger partial charge in [-0.2, -0.15) is 0 Å². The molecule has 2 aromatic heterocycles. The minimum absolute atomic E-state index is 0.0150. The summed E-state index contributed by atoms with van der Waals surface area (Å²) in [6.07, 6.45) is 2.60. The summed E-state index contributed by atoms with van der Waals surface area (Å²) in [6, 6.07) is 13.1. The van der Waals surface area contributed by atoms with Crippen molar-refractivity contribution in [3.05, 3.63) is 88.6 Å². The van der Waals surface area contributed by atoms with Crippen LogP contribution in [0.3, 0.4) is 0 Å². The molecule has 1 aromatic carbocycles. The Morgan fingerprint density at radius 1 is 1.09 bits per heavy atom. The summed E-state index contributed by atoms with van der Waals surface area (Å²) in [5.74, 6) is -0.898. The number of amides is 2. The highest BCUT2D eigenvalue weighted by atomic mass is 19.2. The lowest BCUT2D eigenvalue weighted by molar-refractivity contribution is -0.127. The van der Waals surface area contributed by atoms with Crippen LogP contribution in [0.2, 0.25) is 0 Å². The topological polar surface area (TPSA) is 84.7 Å². The Balaban J connectivity index is 1.60. The van der Waals surface area contributed by atoms with Gasteiger partial charge in [0, 0.05) is 30.6 Å². The minimum atomic E-state index is -1.10. The summed E-state index contributed by atoms with van der Waals surface area (Å²) in [5.41, 5.74) is 0.914. The fourth-order valence-electron chi connectivity index (χ4n) is 3.77. The second kappa shape index (κ2) is 9.09. The largest absolute Gasteiger partial charge is 0.444 e. The van der Waals surface area contributed by atoms with Gasteiger partial charge in [0.25, 0.3) is 11.5 Å². The van der Waals surface area contributed by atoms with Gasteiger partial charge >= 0.3 is 6.09 Å². The lowest BCUT2D eigenvalue weighted by atomic mass is 9.97. The third-order valence-electron chi connectivity index (χ3n) is 5.38. The molecule has 8 nitrogen and oxygen atoms in total. The van der Waals surface area contributed by atoms with E-state index in [0.29, 0.717) is 11.4 Å². The standard InChI is InChI=1S/C25H25FN4O4/c1-25(2,3)34-24(33)29-16-20-17(7-6-13-27-20)15-21(29)23(32)30(26)19-11-9-18(10-12-19)28-14-5-4-8-22(28)31/h4-14,21H,15-16H2,1-3H3. The van der Waals surface area contributed by atoms with Crippen molar-refractivity contribution in [2.45, 2.75) is 45.4 Å². The summed E-state index contributed by atoms with van der Waals surface area (Å²) >= 11 is 0. The zero-order valence-electron chi connectivity index (χ0n) is 19.1. The van der Waals surface area contributed by atoms with E-state index >= 15 is 4.48 Å². The van der Waals surface area contributed by atoms with Crippen LogP contribution in [0.25, 0.3) is 5.69 Å². The summed E-state index contributed by atoms with van der Waals surface area (Å²) in [4.78, 5) is 43.6. The highest BCUT2D eigenvalue weighted by molar-refractivity contribution is 5.97. The second-order valence-corrected chi connectivity index (χ2v) is 8.98. The number of aromatic nitrogens is 2. The van der Waals surface area contributed by atoms with Gasteiger partial charge in [0.05, 0.1) is 17.9 Å². The number of nitrogens with zero attached hydrogens (tertiary/aromatic N) is 4. The smallest absolute Gasteiger partial charge is 0.411 e. The molecule has 0 N–H and O–H groups in total. The zero-order chi connectivity index (χ0) is 24.5. The number of hydrogen-bond donors (Lipinski definition) is 0. The first-order valence-electron chi connectivity index (χ1n) is 10.8. The Morgan fingerprint density at radius 3 is 2.50 bits per heavy atom. The molecule has 1 aliphatic rings. The molecule has 1 unspecified atom stereocenters. The lowest BCUT2D eigenvalue weighted by Crippen LogP contribution is -2.53. The summed E-state index contributed by atoms with van der Waals surface area (Å²) < 4.78 is 22.2. The molecule has 0 spiro atoms. The Kier molecular flexibility index (Phi) is 6.19. The number of carbonyl (C=O) groups is 2. The maximum atomic E-state index is 15.3. The van der Waals surface area contributed by atoms with E-state index in [-0.39, 0.29) is 29.3 Å². The van der Waals surface area contributed by atoms with Crippen molar-refractivity contribution in [2.75, 3.05) is 5.12 Å². The molecule has 0 bridgehead atoms. The van der Waals surface area contributed by atoms with Crippen LogP contribution in [0, 0.1) is 0 Å². The fraction of sp³-hybridized carbons (Fsp3) is 0.280. The van der Waals surface area contributed by atoms with Gasteiger partial charge in [0.2, 0.25) is 0 Å². The maximum absolute atomic E-state index is 15.3. The first kappa shape index (κ1) is 23.2. The van der Waals surface area contributed by atoms with Gasteiger partial charge in [-0.3, -0.25) is 24.0 Å². The van der Waals surface area contributed by atoms with Crippen molar-refractivity contribution < 1.29 is 18.8 Å². The summed E-state index contributed by atoms with van der Waals surface area (Å²) in [5, 5.41) is 0.0287. The van der Waals surface area contributed by atoms with E-state index in [2.05, 4.69) is 4.98 Å². The third-order valence-corrected chi connectivity index (χ3v) is 5.38. The van der Waals surface area contributed by atoms with Crippen molar-refractivity contribution in [1.29, 1.82) is 0 Å². The molecule has 0 radical (unpaired) electrons. The van der Waals surface area contributed by atoms with Crippen LogP contribution >= 0.6 is 0 Å². The van der Waals surface area contributed by atoms with E-state index in [0.717, 1.165) is 5.56 Å². The Bertz CT molecular complexity index is 1270. The predicted octanol–water partition coefficient (Wildman–Crippen LogP) is 3.81. The van der Waals surface area contributed by atoms with Crippen LogP contribution in [0.5, 0.6) is 0 Å². The molecule has 1 atom stereocenters. The van der Waals surface area contributed by atoms with Crippen LogP contribution in [0.15, 0.2) is 71.8 Å². The Labute approximate surface area is 196 Å². The van der Waals surface area contributed by atoms with Gasteiger partial charge in [-0.1, -0.05) is 16.6 Å². The van der Waals surface area contributed by atoms with Crippen molar-refractivity contribution in [2.24, 2.45) is 0 Å². The number of pyridine rings is 2. The number of rotatable bonds is 3. The Morgan fingerprint density at radius 2 is 1.82 bits per heavy atom. The van der Waals surface area contributed by atoms with Gasteiger partial charge in [-0.05, 0) is 62.7 Å². The molecule has 0 fully saturated rings. The molecule has 2 amide bonds. The molecule has 0 saturated carbocycles. The van der Waals surface area contributed by atoms with Crippen LogP contribution < -0.4 is 10.7 Å². The first-order chi connectivity index (χ1) is 16.1. The van der Waals surface area contributed by atoms with E-state index in [1.165, 1.54) is 27.7 Å². The molecule has 0 aliphatic carbocycles. The second-order valence-electron chi connectivity index (χ2n) is 8.98. The van der Waals surface area contributed by atoms with Crippen LogP contribution in [-0.2, 0) is 22.5 Å². The molecule has 3 aromatic rings. The molecule has 1 aliphatic heterocycles. The molecular weight excluding hydrogens is 439 g/mol. The zero-order valence-corrected chi connectivity index (χ0v) is 19.1. The molecule has 9 heteroatoms. The fourth-order valence-corrected chi connectivity index (χ4v) is 3.77. The summed E-state index contributed by atoms with van der Waals surface area (Å²) in [7, 11) is 0. The highest BCUT2D eigenvalue weighted by Gasteiger charge is 2.40. The van der Waals surface area contributed by atoms with Gasteiger partial charge in [0.15, 0.2) is 0 Å². The van der Waals surface area contributed by atoms with E-state index in [4.69, 9.17) is 4.74 Å². The number of fused-ring (bicyclic) bond motifs is 1. The number of ether oxygens (including phenoxy) is 1. The molecule has 176 valence electrons. The Hall–Kier alpha value is -4.01. The van der Waals surface area contributed by atoms with Crippen LogP contribution in [0.1, 0.15) is 32.0 Å². The molecule has 4 rings (SSSR count). The van der Waals surface area contributed by atoms with Crippen molar-refractivity contribution in [3.8, 4) is 5.69 Å². The monoisotopic (exact) mass is 464 g/mol. The van der Waals surface area contributed by atoms with Crippen LogP contribution in [-0.4, -0.2) is 38.1 Å². The number of carbonyl (C=O) groups excluding carboxylic acids is 2. The molecule has 34 heavy (non-hydrogen) atoms. The van der Waals surface area contributed by atoms with Gasteiger partial charge in [0.1, 0.15) is 11.6 Å². The SMILES string of the molecule is CC(C)(C)OC(=O)N1Cc2ncccc2CC1C(=O)N(F)c1ccc(-n2ccccc2=O)cc1. The van der Waals surface area contributed by atoms with E-state index in [1.807, 2.05) is 6.07 Å². The van der Waals surface area contributed by atoms with Crippen LogP contribution in [0.4, 0.5) is 15.0 Å². The van der Waals surface area contributed by atoms with Gasteiger partial charge in [-0.15, -0.1) is 5.12 Å². The predicted molar refractivity (Wildman–Crippen MR) is 124 cm³/mol. The third kappa shape index (κ3) is 4.83. The maximum Gasteiger partial charge on any atom is 0.411 e. The van der Waals surface area contributed by atoms with Crippen molar-refractivity contribution >= 4 is 17.7 Å². The normalized spacial score (nSPS) is 15.4. The number of anilines is 1. The quantitative estimate of drug-likeness (QED) is 0.551. The molecule has 0 saturated heterocycles. The lowest BCUT2D eigenvalue weighted by Gasteiger charge is -2.36. The average molecular weight is 464 g/mol.